The molecule has 17 nitrogen and oxygen atoms in total. The zero-order valence-corrected chi connectivity index (χ0v) is 65.3. The van der Waals surface area contributed by atoms with E-state index >= 15 is 0 Å². The Kier molecular flexibility index (Phi) is 70.5. The Hall–Kier alpha value is -5.06. The standard InChI is InChI=1S/C83H138O17P2/c1-5-9-13-17-21-25-29-32-35-37-38-40-43-45-49-52-56-60-64-68-81(86)94-74-79(100-83(88)70-66-62-58-54-50-46-41-34-31-27-23-19-15-11-7-3)76-98-102(91,92)96-72-77(84)71-95-101(89,90)97-75-78(99-82(87)69-65-61-57-53-47-28-24-20-16-12-8-4)73-93-80(85)67-63-59-55-51-48-44-42-39-36-33-30-26-22-18-14-10-6-2/h9-10,13-14,20-22,24-26,32-33,35-36,38,40,42,44-45,49,51,55-56,60,77-79,84H,5-8,11-12,15-19,23,27-31,34,37,39,41,43,46-48,50,52-54,57-59,61-76H2,1-4H3,(H,89,90)(H,91,92)/b13-9-,14-10-,24-20-,25-21-,26-22-,35-32-,36-33-,40-38-,44-42-,49-45-,55-51-,60-56-. The second-order valence-corrected chi connectivity index (χ2v) is 28.4. The van der Waals surface area contributed by atoms with Crippen LogP contribution < -0.4 is 0 Å². The van der Waals surface area contributed by atoms with Crippen LogP contribution in [0.25, 0.3) is 0 Å². The lowest BCUT2D eigenvalue weighted by atomic mass is 10.0. The van der Waals surface area contributed by atoms with Crippen molar-refractivity contribution in [1.82, 2.24) is 0 Å². The highest BCUT2D eigenvalue weighted by Gasteiger charge is 2.30. The Balaban J connectivity index is 5.44. The van der Waals surface area contributed by atoms with Gasteiger partial charge in [-0.3, -0.25) is 37.3 Å². The van der Waals surface area contributed by atoms with Crippen LogP contribution in [-0.4, -0.2) is 96.7 Å². The first-order valence-electron chi connectivity index (χ1n) is 39.1. The van der Waals surface area contributed by atoms with E-state index in [2.05, 4.69) is 143 Å². The number of unbranched alkanes of at least 4 members (excludes halogenated alkanes) is 22. The maximum atomic E-state index is 13.1. The fraction of sp³-hybridized carbons (Fsp3) is 0.663. The molecule has 0 bridgehead atoms. The third-order valence-electron chi connectivity index (χ3n) is 15.8. The second-order valence-electron chi connectivity index (χ2n) is 25.5. The molecule has 0 aliphatic rings. The number of esters is 4. The van der Waals surface area contributed by atoms with Gasteiger partial charge in [-0.05, 0) is 122 Å². The van der Waals surface area contributed by atoms with Crippen LogP contribution in [0.4, 0.5) is 0 Å². The largest absolute Gasteiger partial charge is 0.472 e. The molecule has 0 aromatic heterocycles. The van der Waals surface area contributed by atoms with Gasteiger partial charge in [0.2, 0.25) is 0 Å². The number of aliphatic hydroxyl groups excluding tert-OH is 1. The van der Waals surface area contributed by atoms with Crippen LogP contribution in [0.5, 0.6) is 0 Å². The Morgan fingerprint density at radius 2 is 0.549 bits per heavy atom. The first-order chi connectivity index (χ1) is 49.7. The number of carbonyl (C=O) groups excluding carboxylic acids is 4. The molecule has 0 aliphatic carbocycles. The van der Waals surface area contributed by atoms with E-state index in [9.17, 15) is 43.2 Å². The zero-order chi connectivity index (χ0) is 74.6. The number of rotatable bonds is 72. The number of phosphoric ester groups is 2. The van der Waals surface area contributed by atoms with Crippen LogP contribution in [0.15, 0.2) is 146 Å². The molecule has 0 aromatic carbocycles. The van der Waals surface area contributed by atoms with E-state index in [1.54, 1.807) is 0 Å². The molecule has 0 saturated carbocycles. The summed E-state index contributed by atoms with van der Waals surface area (Å²) in [6.45, 7) is 4.45. The number of carbonyl (C=O) groups is 4. The third-order valence-corrected chi connectivity index (χ3v) is 17.7. The van der Waals surface area contributed by atoms with Gasteiger partial charge < -0.3 is 33.8 Å². The summed E-state index contributed by atoms with van der Waals surface area (Å²) in [4.78, 5) is 72.8. The highest BCUT2D eigenvalue weighted by Crippen LogP contribution is 2.45. The summed E-state index contributed by atoms with van der Waals surface area (Å²) >= 11 is 0. The van der Waals surface area contributed by atoms with E-state index in [1.807, 2.05) is 30.4 Å². The van der Waals surface area contributed by atoms with Gasteiger partial charge in [-0.1, -0.05) is 296 Å². The SMILES string of the molecule is CC/C=C\C/C=C\C/C=C\C/C=C\C/C=C\C/C=C\CCC(=O)OCC(COP(=O)(O)OCC(O)COP(=O)(O)OCC(COC(=O)CCC/C=C\C/C=C\C/C=C\C/C=C\C/C=C\CC)OC(=O)CCCCCCC/C=C\CCCC)OC(=O)CCCCCCCCCCCCCCCCC. The normalized spacial score (nSPS) is 14.7. The van der Waals surface area contributed by atoms with Crippen molar-refractivity contribution in [3.8, 4) is 0 Å². The fourth-order valence-corrected chi connectivity index (χ4v) is 11.5. The van der Waals surface area contributed by atoms with Crippen molar-refractivity contribution >= 4 is 39.5 Å². The van der Waals surface area contributed by atoms with Gasteiger partial charge in [0.05, 0.1) is 26.4 Å². The Morgan fingerprint density at radius 1 is 0.284 bits per heavy atom. The highest BCUT2D eigenvalue weighted by molar-refractivity contribution is 7.47. The monoisotopic (exact) mass is 1470 g/mol. The van der Waals surface area contributed by atoms with E-state index in [4.69, 9.17) is 37.0 Å². The topological polar surface area (TPSA) is 237 Å². The second kappa shape index (κ2) is 74.2. The van der Waals surface area contributed by atoms with Crippen molar-refractivity contribution in [1.29, 1.82) is 0 Å². The molecule has 5 atom stereocenters. The Labute approximate surface area is 617 Å². The minimum atomic E-state index is -5.00. The van der Waals surface area contributed by atoms with E-state index < -0.39 is 97.5 Å². The molecule has 3 N–H and O–H groups in total. The predicted molar refractivity (Wildman–Crippen MR) is 417 cm³/mol. The molecular weight excluding hydrogens is 1330 g/mol. The molecule has 0 saturated heterocycles. The van der Waals surface area contributed by atoms with Crippen molar-refractivity contribution < 1.29 is 80.2 Å². The van der Waals surface area contributed by atoms with E-state index in [0.717, 1.165) is 128 Å². The molecule has 0 spiro atoms. The molecule has 0 radical (unpaired) electrons. The first kappa shape index (κ1) is 96.9. The maximum Gasteiger partial charge on any atom is 0.472 e. The molecule has 582 valence electrons. The van der Waals surface area contributed by atoms with Crippen molar-refractivity contribution in [2.75, 3.05) is 39.6 Å². The predicted octanol–water partition coefficient (Wildman–Crippen LogP) is 22.7. The van der Waals surface area contributed by atoms with E-state index in [1.165, 1.54) is 77.0 Å². The van der Waals surface area contributed by atoms with Crippen LogP contribution in [0.2, 0.25) is 0 Å². The van der Waals surface area contributed by atoms with Crippen LogP contribution in [0, 0.1) is 0 Å². The van der Waals surface area contributed by atoms with Crippen LogP contribution in [0.3, 0.4) is 0 Å². The number of aliphatic hydroxyl groups is 1. The van der Waals surface area contributed by atoms with Crippen LogP contribution in [0.1, 0.15) is 297 Å². The fourth-order valence-electron chi connectivity index (χ4n) is 9.91. The molecule has 0 rings (SSSR count). The minimum absolute atomic E-state index is 0.0335. The van der Waals surface area contributed by atoms with Gasteiger partial charge in [0.1, 0.15) is 19.3 Å². The summed E-state index contributed by atoms with van der Waals surface area (Å²) in [7, 11) is -9.99. The highest BCUT2D eigenvalue weighted by atomic mass is 31.2. The van der Waals surface area contributed by atoms with Crippen LogP contribution >= 0.6 is 15.6 Å². The van der Waals surface area contributed by atoms with Gasteiger partial charge in [-0.2, -0.15) is 0 Å². The lowest BCUT2D eigenvalue weighted by Crippen LogP contribution is -2.30. The van der Waals surface area contributed by atoms with E-state index in [0.29, 0.717) is 38.5 Å². The molecular formula is C83H138O17P2. The lowest BCUT2D eigenvalue weighted by molar-refractivity contribution is -0.161. The van der Waals surface area contributed by atoms with Crippen LogP contribution in [-0.2, 0) is 65.4 Å². The number of hydrogen-bond acceptors (Lipinski definition) is 15. The zero-order valence-electron chi connectivity index (χ0n) is 63.5. The van der Waals surface area contributed by atoms with Crippen molar-refractivity contribution in [2.24, 2.45) is 0 Å². The molecule has 0 aliphatic heterocycles. The van der Waals surface area contributed by atoms with Gasteiger partial charge in [-0.15, -0.1) is 0 Å². The number of allylic oxidation sites excluding steroid dienone is 24. The number of hydrogen-bond donors (Lipinski definition) is 3. The third kappa shape index (κ3) is 73.3. The molecule has 0 aromatic rings. The van der Waals surface area contributed by atoms with Gasteiger partial charge in [0.25, 0.3) is 0 Å². The maximum absolute atomic E-state index is 13.1. The molecule has 19 heteroatoms. The van der Waals surface area contributed by atoms with Crippen molar-refractivity contribution in [2.45, 2.75) is 316 Å². The smallest absolute Gasteiger partial charge is 0.462 e. The van der Waals surface area contributed by atoms with Gasteiger partial charge in [-0.25, -0.2) is 9.13 Å². The number of phosphoric acid groups is 2. The van der Waals surface area contributed by atoms with Crippen molar-refractivity contribution in [3.05, 3.63) is 146 Å². The molecule has 0 amide bonds. The van der Waals surface area contributed by atoms with Crippen molar-refractivity contribution in [3.63, 3.8) is 0 Å². The lowest BCUT2D eigenvalue weighted by Gasteiger charge is -2.21. The van der Waals surface area contributed by atoms with E-state index in [-0.39, 0.29) is 25.7 Å². The summed E-state index contributed by atoms with van der Waals surface area (Å²) in [6, 6.07) is 0. The molecule has 0 fully saturated rings. The molecule has 0 heterocycles. The minimum Gasteiger partial charge on any atom is -0.462 e. The Bertz CT molecular complexity index is 2510. The average Bonchev–Trinajstić information content (AvgIpc) is 0.939. The summed E-state index contributed by atoms with van der Waals surface area (Å²) in [6.07, 6.45) is 84.3. The van der Waals surface area contributed by atoms with Gasteiger partial charge in [0.15, 0.2) is 12.2 Å². The first-order valence-corrected chi connectivity index (χ1v) is 42.1. The summed E-state index contributed by atoms with van der Waals surface area (Å²) in [5.74, 6) is -2.35. The number of ether oxygens (including phenoxy) is 4. The average molecular weight is 1470 g/mol. The molecule has 5 unspecified atom stereocenters. The summed E-state index contributed by atoms with van der Waals surface area (Å²) < 4.78 is 68.4. The van der Waals surface area contributed by atoms with Gasteiger partial charge >= 0.3 is 39.5 Å². The summed E-state index contributed by atoms with van der Waals surface area (Å²) in [5.41, 5.74) is 0. The Morgan fingerprint density at radius 3 is 0.912 bits per heavy atom. The quantitative estimate of drug-likeness (QED) is 0.0169. The van der Waals surface area contributed by atoms with Gasteiger partial charge in [0, 0.05) is 25.7 Å². The summed E-state index contributed by atoms with van der Waals surface area (Å²) in [5, 5.41) is 10.6. The molecule has 102 heavy (non-hydrogen) atoms.